The third-order valence-electron chi connectivity index (χ3n) is 7.00. The summed E-state index contributed by atoms with van der Waals surface area (Å²) in [5.41, 5.74) is 0.574. The van der Waals surface area contributed by atoms with Crippen LogP contribution >= 0.6 is 0 Å². The van der Waals surface area contributed by atoms with E-state index in [4.69, 9.17) is 24.2 Å². The fourth-order valence-corrected chi connectivity index (χ4v) is 4.95. The molecule has 0 bridgehead atoms. The fourth-order valence-electron chi connectivity index (χ4n) is 4.95. The number of rotatable bonds is 8. The molecule has 3 aliphatic rings. The molecule has 1 amide bonds. The van der Waals surface area contributed by atoms with Crippen molar-refractivity contribution in [3.63, 3.8) is 0 Å². The van der Waals surface area contributed by atoms with Gasteiger partial charge in [-0.1, -0.05) is 18.2 Å². The maximum absolute atomic E-state index is 12.3. The van der Waals surface area contributed by atoms with E-state index >= 15 is 0 Å². The van der Waals surface area contributed by atoms with Gasteiger partial charge < -0.3 is 18.9 Å². The van der Waals surface area contributed by atoms with Crippen molar-refractivity contribution in [2.24, 2.45) is 5.92 Å². The molecule has 35 heavy (non-hydrogen) atoms. The first-order valence-corrected chi connectivity index (χ1v) is 12.3. The van der Waals surface area contributed by atoms with Crippen LogP contribution in [0.4, 0.5) is 4.79 Å². The molecule has 0 aliphatic carbocycles. The van der Waals surface area contributed by atoms with Crippen molar-refractivity contribution in [1.82, 2.24) is 9.80 Å². The van der Waals surface area contributed by atoms with E-state index in [9.17, 15) is 4.79 Å². The number of nitriles is 1. The second-order valence-corrected chi connectivity index (χ2v) is 9.41. The van der Waals surface area contributed by atoms with Gasteiger partial charge in [-0.15, -0.1) is 0 Å². The van der Waals surface area contributed by atoms with Crippen LogP contribution in [-0.2, 0) is 4.74 Å². The van der Waals surface area contributed by atoms with E-state index in [1.54, 1.807) is 18.2 Å². The number of nitrogens with zero attached hydrogens (tertiary/aromatic N) is 3. The zero-order chi connectivity index (χ0) is 24.0. The number of para-hydroxylation sites is 1. The quantitative estimate of drug-likeness (QED) is 0.573. The van der Waals surface area contributed by atoms with Crippen LogP contribution in [-0.4, -0.2) is 74.0 Å². The Morgan fingerprint density at radius 1 is 1.03 bits per heavy atom. The Labute approximate surface area is 205 Å². The highest BCUT2D eigenvalue weighted by atomic mass is 16.6. The Hall–Kier alpha value is -3.44. The lowest BCUT2D eigenvalue weighted by atomic mass is 9.93. The minimum atomic E-state index is -0.238. The largest absolute Gasteiger partial charge is 0.491 e. The lowest BCUT2D eigenvalue weighted by molar-refractivity contribution is 0.0464. The number of hydrogen-bond acceptors (Lipinski definition) is 7. The number of cyclic esters (lactones) is 1. The van der Waals surface area contributed by atoms with Gasteiger partial charge in [-0.25, -0.2) is 4.79 Å². The van der Waals surface area contributed by atoms with Crippen LogP contribution in [0.25, 0.3) is 0 Å². The van der Waals surface area contributed by atoms with Gasteiger partial charge in [0, 0.05) is 19.2 Å². The topological polar surface area (TPSA) is 84.3 Å². The molecule has 2 atom stereocenters. The lowest BCUT2D eigenvalue weighted by Gasteiger charge is -2.36. The molecule has 0 saturated carbocycles. The minimum Gasteiger partial charge on any atom is -0.491 e. The number of hydrogen-bond donors (Lipinski definition) is 0. The van der Waals surface area contributed by atoms with Crippen molar-refractivity contribution < 1.29 is 23.7 Å². The highest BCUT2D eigenvalue weighted by Gasteiger charge is 2.34. The highest BCUT2D eigenvalue weighted by Crippen LogP contribution is 2.33. The number of carbonyl (C=O) groups is 1. The van der Waals surface area contributed by atoms with Gasteiger partial charge in [-0.3, -0.25) is 9.80 Å². The molecule has 0 radical (unpaired) electrons. The molecule has 8 heteroatoms. The minimum absolute atomic E-state index is 0.0438. The summed E-state index contributed by atoms with van der Waals surface area (Å²) in [4.78, 5) is 16.5. The van der Waals surface area contributed by atoms with Crippen LogP contribution in [0.2, 0.25) is 0 Å². The smallest absolute Gasteiger partial charge is 0.410 e. The predicted molar refractivity (Wildman–Crippen MR) is 129 cm³/mol. The zero-order valence-corrected chi connectivity index (χ0v) is 19.8. The van der Waals surface area contributed by atoms with Crippen molar-refractivity contribution >= 4 is 6.09 Å². The normalized spacial score (nSPS) is 22.5. The van der Waals surface area contributed by atoms with Gasteiger partial charge >= 0.3 is 6.09 Å². The van der Waals surface area contributed by atoms with Gasteiger partial charge in [0.15, 0.2) is 11.5 Å². The number of likely N-dealkylation sites (tertiary alicyclic amines) is 1. The van der Waals surface area contributed by atoms with Crippen molar-refractivity contribution in [3.8, 4) is 23.3 Å². The van der Waals surface area contributed by atoms with Crippen LogP contribution in [0.3, 0.4) is 0 Å². The Bertz CT molecular complexity index is 1050. The van der Waals surface area contributed by atoms with Crippen molar-refractivity contribution in [2.45, 2.75) is 31.4 Å². The molecular weight excluding hydrogens is 446 g/mol. The van der Waals surface area contributed by atoms with Gasteiger partial charge in [-0.2, -0.15) is 5.26 Å². The summed E-state index contributed by atoms with van der Waals surface area (Å²) in [7, 11) is 0. The second-order valence-electron chi connectivity index (χ2n) is 9.41. The number of benzene rings is 2. The Balaban J connectivity index is 1.04. The summed E-state index contributed by atoms with van der Waals surface area (Å²) in [5.74, 6) is 2.74. The molecule has 2 unspecified atom stereocenters. The summed E-state index contributed by atoms with van der Waals surface area (Å²) in [6.45, 7) is 4.84. The van der Waals surface area contributed by atoms with E-state index in [-0.39, 0.29) is 18.2 Å². The van der Waals surface area contributed by atoms with Gasteiger partial charge in [0.25, 0.3) is 0 Å². The maximum Gasteiger partial charge on any atom is 0.410 e. The van der Waals surface area contributed by atoms with Gasteiger partial charge in [-0.05, 0) is 62.5 Å². The van der Waals surface area contributed by atoms with E-state index in [1.807, 2.05) is 35.2 Å². The lowest BCUT2D eigenvalue weighted by Crippen LogP contribution is -2.44. The molecule has 2 aromatic carbocycles. The van der Waals surface area contributed by atoms with Crippen LogP contribution in [0.15, 0.2) is 48.5 Å². The molecule has 0 spiro atoms. The van der Waals surface area contributed by atoms with E-state index in [1.165, 1.54) is 0 Å². The number of ether oxygens (including phenoxy) is 4. The first kappa shape index (κ1) is 23.3. The summed E-state index contributed by atoms with van der Waals surface area (Å²) in [6.07, 6.45) is 2.88. The average Bonchev–Trinajstić information content (AvgIpc) is 3.26. The zero-order valence-electron chi connectivity index (χ0n) is 19.8. The summed E-state index contributed by atoms with van der Waals surface area (Å²) < 4.78 is 23.1. The monoisotopic (exact) mass is 477 g/mol. The SMILES string of the molecule is N#Cc1ccc2c(c1)OC(CN1CCC(CCN3C(=O)OCC3COc3ccccc3)CC1)CO2. The second kappa shape index (κ2) is 10.9. The Morgan fingerprint density at radius 3 is 2.66 bits per heavy atom. The van der Waals surface area contributed by atoms with Crippen LogP contribution < -0.4 is 14.2 Å². The third kappa shape index (κ3) is 5.80. The van der Waals surface area contributed by atoms with Crippen LogP contribution in [0.5, 0.6) is 17.2 Å². The van der Waals surface area contributed by atoms with E-state index in [0.717, 1.165) is 44.6 Å². The fraction of sp³-hybridized carbons (Fsp3) is 0.481. The Morgan fingerprint density at radius 2 is 1.86 bits per heavy atom. The average molecular weight is 478 g/mol. The molecule has 184 valence electrons. The van der Waals surface area contributed by atoms with Crippen LogP contribution in [0.1, 0.15) is 24.8 Å². The highest BCUT2D eigenvalue weighted by molar-refractivity contribution is 5.70. The number of fused-ring (bicyclic) bond motifs is 1. The Kier molecular flexibility index (Phi) is 7.24. The summed E-state index contributed by atoms with van der Waals surface area (Å²) >= 11 is 0. The third-order valence-corrected chi connectivity index (χ3v) is 7.00. The molecule has 2 fully saturated rings. The first-order chi connectivity index (χ1) is 17.2. The molecule has 3 aliphatic heterocycles. The number of piperidine rings is 1. The number of amides is 1. The molecule has 3 heterocycles. The van der Waals surface area contributed by atoms with E-state index < -0.39 is 0 Å². The van der Waals surface area contributed by atoms with Crippen molar-refractivity contribution in [2.75, 3.05) is 46.0 Å². The molecule has 0 N–H and O–H groups in total. The first-order valence-electron chi connectivity index (χ1n) is 12.3. The van der Waals surface area contributed by atoms with Crippen molar-refractivity contribution in [1.29, 1.82) is 5.26 Å². The molecule has 2 saturated heterocycles. The van der Waals surface area contributed by atoms with Gasteiger partial charge in [0.05, 0.1) is 11.6 Å². The summed E-state index contributed by atoms with van der Waals surface area (Å²) in [5, 5.41) is 9.12. The standard InChI is InChI=1S/C27H31N3O5/c28-15-21-6-7-25-26(14-21)35-24(19-33-25)16-29-11-8-20(9-12-29)10-13-30-22(18-34-27(30)31)17-32-23-4-2-1-3-5-23/h1-7,14,20,22,24H,8-13,16-19H2. The predicted octanol–water partition coefficient (Wildman–Crippen LogP) is 3.70. The molecular formula is C27H31N3O5. The molecule has 5 rings (SSSR count). The van der Waals surface area contributed by atoms with Gasteiger partial charge in [0.1, 0.15) is 37.7 Å². The molecule has 2 aromatic rings. The van der Waals surface area contributed by atoms with Crippen molar-refractivity contribution in [3.05, 3.63) is 54.1 Å². The maximum atomic E-state index is 12.3. The molecule has 8 nitrogen and oxygen atoms in total. The number of carbonyl (C=O) groups excluding carboxylic acids is 1. The van der Waals surface area contributed by atoms with E-state index in [0.29, 0.717) is 49.3 Å². The van der Waals surface area contributed by atoms with E-state index in [2.05, 4.69) is 11.0 Å². The van der Waals surface area contributed by atoms with Crippen LogP contribution in [0, 0.1) is 17.2 Å². The molecule has 0 aromatic heterocycles. The summed E-state index contributed by atoms with van der Waals surface area (Å²) in [6, 6.07) is 17.0. The van der Waals surface area contributed by atoms with Gasteiger partial charge in [0.2, 0.25) is 0 Å².